The number of hydrogen-bond acceptors (Lipinski definition) is 2. The number of allylic oxidation sites excluding steroid dienone is 1. The summed E-state index contributed by atoms with van der Waals surface area (Å²) in [6, 6.07) is 5.05. The molecule has 0 aromatic heterocycles. The fourth-order valence-corrected chi connectivity index (χ4v) is 2.07. The molecule has 0 radical (unpaired) electrons. The molecule has 1 N–H and O–H groups in total. The Kier molecular flexibility index (Phi) is 5.35. The van der Waals surface area contributed by atoms with Crippen LogP contribution < -0.4 is 0 Å². The van der Waals surface area contributed by atoms with Gasteiger partial charge in [-0.1, -0.05) is 30.8 Å². The summed E-state index contributed by atoms with van der Waals surface area (Å²) < 4.78 is 67.1. The van der Waals surface area contributed by atoms with E-state index < -0.39 is 52.0 Å². The average Bonchev–Trinajstić information content (AvgIpc) is 2.63. The largest absolute Gasteiger partial charge is 0.478 e. The number of carbonyl (C=O) groups excluding carboxylic acids is 1. The maximum absolute atomic E-state index is 13.8. The monoisotopic (exact) mass is 368 g/mol. The summed E-state index contributed by atoms with van der Waals surface area (Å²) >= 11 is 0. The number of halogens is 5. The molecule has 0 amide bonds. The predicted molar refractivity (Wildman–Crippen MR) is 82.7 cm³/mol. The Morgan fingerprint density at radius 1 is 0.846 bits per heavy atom. The number of ketones is 1. The summed E-state index contributed by atoms with van der Waals surface area (Å²) in [4.78, 5) is 22.7. The van der Waals surface area contributed by atoms with Crippen LogP contribution in [0.2, 0.25) is 0 Å². The summed E-state index contributed by atoms with van der Waals surface area (Å²) in [6.07, 6.45) is 2.08. The molecule has 0 aliphatic heterocycles. The number of Topliss-reactive ketones (excluding diaryl/α,β-unsaturated/α-hetero) is 1. The molecule has 0 atom stereocenters. The van der Waals surface area contributed by atoms with Gasteiger partial charge in [-0.05, 0) is 11.6 Å². The van der Waals surface area contributed by atoms with Gasteiger partial charge in [-0.25, -0.2) is 26.7 Å². The van der Waals surface area contributed by atoms with Gasteiger partial charge in [0.1, 0.15) is 0 Å². The highest BCUT2D eigenvalue weighted by Gasteiger charge is 2.29. The standard InChI is InChI=1S/C18H9F5O3/c1-8(12-13(19)15(21)17(23)16(22)14(12)20)18(26)10-5-2-9(3-6-10)4-7-11(24)25/h2-7H,1H2,(H,24,25). The lowest BCUT2D eigenvalue weighted by Gasteiger charge is -2.10. The van der Waals surface area contributed by atoms with E-state index in [4.69, 9.17) is 5.11 Å². The van der Waals surface area contributed by atoms with Crippen molar-refractivity contribution in [1.29, 1.82) is 0 Å². The second kappa shape index (κ2) is 7.30. The normalized spacial score (nSPS) is 11.0. The molecule has 0 unspecified atom stereocenters. The summed E-state index contributed by atoms with van der Waals surface area (Å²) in [5.74, 6) is -13.2. The molecule has 134 valence electrons. The molecule has 2 rings (SSSR count). The number of benzene rings is 2. The van der Waals surface area contributed by atoms with E-state index in [1.165, 1.54) is 30.3 Å². The molecule has 0 spiro atoms. The Morgan fingerprint density at radius 3 is 1.77 bits per heavy atom. The quantitative estimate of drug-likeness (QED) is 0.280. The zero-order valence-corrected chi connectivity index (χ0v) is 12.8. The molecule has 0 fully saturated rings. The van der Waals surface area contributed by atoms with Gasteiger partial charge in [0.2, 0.25) is 5.82 Å². The van der Waals surface area contributed by atoms with Crippen molar-refractivity contribution >= 4 is 23.4 Å². The Balaban J connectivity index is 2.40. The van der Waals surface area contributed by atoms with E-state index in [-0.39, 0.29) is 5.56 Å². The van der Waals surface area contributed by atoms with E-state index in [0.717, 1.165) is 6.08 Å². The predicted octanol–water partition coefficient (Wildman–Crippen LogP) is 4.38. The summed E-state index contributed by atoms with van der Waals surface area (Å²) in [5, 5.41) is 8.52. The van der Waals surface area contributed by atoms with Crippen LogP contribution in [0, 0.1) is 29.1 Å². The molecular weight excluding hydrogens is 359 g/mol. The maximum Gasteiger partial charge on any atom is 0.328 e. The van der Waals surface area contributed by atoms with Crippen LogP contribution in [0.4, 0.5) is 22.0 Å². The molecule has 0 saturated heterocycles. The minimum Gasteiger partial charge on any atom is -0.478 e. The van der Waals surface area contributed by atoms with Gasteiger partial charge in [0.25, 0.3) is 0 Å². The lowest BCUT2D eigenvalue weighted by atomic mass is 9.96. The van der Waals surface area contributed by atoms with Crippen LogP contribution in [-0.4, -0.2) is 16.9 Å². The Labute approximate surface area is 143 Å². The first-order chi connectivity index (χ1) is 12.1. The molecule has 26 heavy (non-hydrogen) atoms. The molecule has 0 saturated carbocycles. The lowest BCUT2D eigenvalue weighted by molar-refractivity contribution is -0.131. The molecule has 3 nitrogen and oxygen atoms in total. The number of hydrogen-bond donors (Lipinski definition) is 1. The third-order valence-corrected chi connectivity index (χ3v) is 3.38. The lowest BCUT2D eigenvalue weighted by Crippen LogP contribution is -2.11. The van der Waals surface area contributed by atoms with Crippen LogP contribution in [-0.2, 0) is 4.79 Å². The number of aliphatic carboxylic acids is 1. The number of carboxylic acids is 1. The molecule has 2 aromatic carbocycles. The van der Waals surface area contributed by atoms with Crippen molar-refractivity contribution in [3.63, 3.8) is 0 Å². The Bertz CT molecular complexity index is 917. The van der Waals surface area contributed by atoms with Crippen LogP contribution in [0.15, 0.2) is 36.9 Å². The summed E-state index contributed by atoms with van der Waals surface area (Å²) in [5.41, 5.74) is -2.04. The highest BCUT2D eigenvalue weighted by molar-refractivity contribution is 6.28. The number of carboxylic acid groups (broad SMARTS) is 1. The van der Waals surface area contributed by atoms with Crippen molar-refractivity contribution in [2.45, 2.75) is 0 Å². The highest BCUT2D eigenvalue weighted by atomic mass is 19.2. The smallest absolute Gasteiger partial charge is 0.328 e. The fourth-order valence-electron chi connectivity index (χ4n) is 2.07. The van der Waals surface area contributed by atoms with Crippen LogP contribution >= 0.6 is 0 Å². The SMILES string of the molecule is C=C(C(=O)c1ccc(C=CC(=O)O)cc1)c1c(F)c(F)c(F)c(F)c1F. The first kappa shape index (κ1) is 19.0. The third-order valence-electron chi connectivity index (χ3n) is 3.38. The zero-order valence-electron chi connectivity index (χ0n) is 12.8. The van der Waals surface area contributed by atoms with E-state index >= 15 is 0 Å². The van der Waals surface area contributed by atoms with E-state index in [1.807, 2.05) is 0 Å². The van der Waals surface area contributed by atoms with Crippen molar-refractivity contribution in [3.8, 4) is 0 Å². The average molecular weight is 368 g/mol. The van der Waals surface area contributed by atoms with E-state index in [0.29, 0.717) is 5.56 Å². The van der Waals surface area contributed by atoms with E-state index in [9.17, 15) is 31.5 Å². The third kappa shape index (κ3) is 3.53. The van der Waals surface area contributed by atoms with Crippen LogP contribution in [0.1, 0.15) is 21.5 Å². The van der Waals surface area contributed by atoms with Gasteiger partial charge in [-0.15, -0.1) is 0 Å². The van der Waals surface area contributed by atoms with Gasteiger partial charge < -0.3 is 5.11 Å². The van der Waals surface area contributed by atoms with Crippen LogP contribution in [0.25, 0.3) is 11.6 Å². The fraction of sp³-hybridized carbons (Fsp3) is 0. The second-order valence-electron chi connectivity index (χ2n) is 5.05. The van der Waals surface area contributed by atoms with Crippen molar-refractivity contribution in [2.75, 3.05) is 0 Å². The first-order valence-corrected chi connectivity index (χ1v) is 6.91. The molecular formula is C18H9F5O3. The zero-order chi connectivity index (χ0) is 19.6. The van der Waals surface area contributed by atoms with Gasteiger partial charge in [-0.3, -0.25) is 4.79 Å². The van der Waals surface area contributed by atoms with Gasteiger partial charge in [0.15, 0.2) is 29.1 Å². The van der Waals surface area contributed by atoms with Crippen LogP contribution in [0.3, 0.4) is 0 Å². The summed E-state index contributed by atoms with van der Waals surface area (Å²) in [7, 11) is 0. The molecule has 8 heteroatoms. The summed E-state index contributed by atoms with van der Waals surface area (Å²) in [6.45, 7) is 3.14. The Morgan fingerprint density at radius 2 is 1.31 bits per heavy atom. The highest BCUT2D eigenvalue weighted by Crippen LogP contribution is 2.29. The molecule has 0 heterocycles. The van der Waals surface area contributed by atoms with E-state index in [1.54, 1.807) is 0 Å². The van der Waals surface area contributed by atoms with Crippen molar-refractivity contribution < 1.29 is 36.6 Å². The topological polar surface area (TPSA) is 54.4 Å². The molecule has 0 bridgehead atoms. The first-order valence-electron chi connectivity index (χ1n) is 6.91. The molecule has 2 aromatic rings. The van der Waals surface area contributed by atoms with Gasteiger partial charge in [0, 0.05) is 17.2 Å². The van der Waals surface area contributed by atoms with Gasteiger partial charge in [-0.2, -0.15) is 0 Å². The van der Waals surface area contributed by atoms with Crippen molar-refractivity contribution in [2.24, 2.45) is 0 Å². The second-order valence-corrected chi connectivity index (χ2v) is 5.05. The van der Waals surface area contributed by atoms with Crippen molar-refractivity contribution in [3.05, 3.63) is 82.7 Å². The number of rotatable bonds is 5. The number of carbonyl (C=O) groups is 2. The molecule has 0 aliphatic carbocycles. The van der Waals surface area contributed by atoms with Crippen LogP contribution in [0.5, 0.6) is 0 Å². The molecule has 0 aliphatic rings. The minimum absolute atomic E-state index is 0.133. The Hall–Kier alpha value is -3.29. The maximum atomic E-state index is 13.8. The van der Waals surface area contributed by atoms with E-state index in [2.05, 4.69) is 6.58 Å². The van der Waals surface area contributed by atoms with Crippen molar-refractivity contribution in [1.82, 2.24) is 0 Å². The minimum atomic E-state index is -2.33. The van der Waals surface area contributed by atoms with Gasteiger partial charge in [0.05, 0.1) is 5.56 Å². The van der Waals surface area contributed by atoms with Gasteiger partial charge >= 0.3 is 5.97 Å².